The first-order valence-electron chi connectivity index (χ1n) is 6.95. The highest BCUT2D eigenvalue weighted by Gasteiger charge is 2.16. The Bertz CT molecular complexity index is 664. The number of aromatic nitrogens is 2. The number of benzene rings is 1. The Morgan fingerprint density at radius 3 is 2.59 bits per heavy atom. The average molecular weight is 301 g/mol. The zero-order valence-corrected chi connectivity index (χ0v) is 12.5. The summed E-state index contributed by atoms with van der Waals surface area (Å²) in [4.78, 5) is 23.6. The Kier molecular flexibility index (Phi) is 4.77. The van der Waals surface area contributed by atoms with Gasteiger partial charge in [-0.25, -0.2) is 4.68 Å². The average Bonchev–Trinajstić information content (AvgIpc) is 2.87. The predicted octanol–water partition coefficient (Wildman–Crippen LogP) is 0.709. The topological polar surface area (TPSA) is 102 Å². The highest BCUT2D eigenvalue weighted by Crippen LogP contribution is 2.16. The molecule has 116 valence electrons. The first kappa shape index (κ1) is 15.6. The van der Waals surface area contributed by atoms with Crippen LogP contribution in [0.5, 0.6) is 0 Å². The second kappa shape index (κ2) is 6.75. The molecule has 0 saturated heterocycles. The minimum atomic E-state index is -0.432. The number of carbonyl (C=O) groups is 2. The molecule has 7 heteroatoms. The Hall–Kier alpha value is -2.83. The van der Waals surface area contributed by atoms with Gasteiger partial charge in [0.05, 0.1) is 18.4 Å². The van der Waals surface area contributed by atoms with Crippen molar-refractivity contribution in [2.45, 2.75) is 19.9 Å². The number of para-hydroxylation sites is 1. The molecule has 22 heavy (non-hydrogen) atoms. The summed E-state index contributed by atoms with van der Waals surface area (Å²) in [7, 11) is 0. The van der Waals surface area contributed by atoms with E-state index >= 15 is 0 Å². The number of anilines is 1. The molecule has 7 nitrogen and oxygen atoms in total. The van der Waals surface area contributed by atoms with Gasteiger partial charge in [0, 0.05) is 6.04 Å². The molecular weight excluding hydrogens is 282 g/mol. The first-order chi connectivity index (χ1) is 10.5. The second-order valence-electron chi connectivity index (χ2n) is 5.10. The molecule has 0 aliphatic rings. The Morgan fingerprint density at radius 1 is 1.27 bits per heavy atom. The lowest BCUT2D eigenvalue weighted by Gasteiger charge is -2.09. The van der Waals surface area contributed by atoms with Crippen molar-refractivity contribution in [3.05, 3.63) is 42.1 Å². The summed E-state index contributed by atoms with van der Waals surface area (Å²) < 4.78 is 1.48. The fourth-order valence-corrected chi connectivity index (χ4v) is 1.94. The number of hydrogen-bond acceptors (Lipinski definition) is 4. The van der Waals surface area contributed by atoms with Crippen LogP contribution in [-0.2, 0) is 4.79 Å². The molecule has 2 aromatic rings. The third-order valence-corrected chi connectivity index (χ3v) is 2.91. The maximum absolute atomic E-state index is 12.1. The SMILES string of the molecule is CC(C)NC(=O)CNC(=O)c1cnn(-c2ccccc2)c1N. The molecule has 0 aliphatic heterocycles. The van der Waals surface area contributed by atoms with E-state index in [1.54, 1.807) is 0 Å². The van der Waals surface area contributed by atoms with Gasteiger partial charge >= 0.3 is 0 Å². The fraction of sp³-hybridized carbons (Fsp3) is 0.267. The molecule has 0 radical (unpaired) electrons. The van der Waals surface area contributed by atoms with Crippen LogP contribution in [0.15, 0.2) is 36.5 Å². The minimum absolute atomic E-state index is 0.0234. The summed E-state index contributed by atoms with van der Waals surface area (Å²) in [6, 6.07) is 9.28. The second-order valence-corrected chi connectivity index (χ2v) is 5.10. The van der Waals surface area contributed by atoms with Gasteiger partial charge in [-0.05, 0) is 26.0 Å². The van der Waals surface area contributed by atoms with Gasteiger partial charge in [0.25, 0.3) is 5.91 Å². The van der Waals surface area contributed by atoms with E-state index in [9.17, 15) is 9.59 Å². The largest absolute Gasteiger partial charge is 0.383 e. The van der Waals surface area contributed by atoms with Crippen LogP contribution in [-0.4, -0.2) is 34.2 Å². The number of nitrogens with one attached hydrogen (secondary N) is 2. The number of amides is 2. The molecule has 2 rings (SSSR count). The maximum atomic E-state index is 12.1. The lowest BCUT2D eigenvalue weighted by atomic mass is 10.3. The number of hydrogen-bond donors (Lipinski definition) is 3. The van der Waals surface area contributed by atoms with Crippen molar-refractivity contribution in [3.8, 4) is 5.69 Å². The summed E-state index contributed by atoms with van der Waals surface area (Å²) in [5.41, 5.74) is 6.96. The van der Waals surface area contributed by atoms with E-state index < -0.39 is 5.91 Å². The minimum Gasteiger partial charge on any atom is -0.383 e. The number of carbonyl (C=O) groups excluding carboxylic acids is 2. The zero-order chi connectivity index (χ0) is 16.1. The molecule has 1 heterocycles. The Morgan fingerprint density at radius 2 is 1.95 bits per heavy atom. The van der Waals surface area contributed by atoms with Crippen molar-refractivity contribution in [1.82, 2.24) is 20.4 Å². The van der Waals surface area contributed by atoms with Gasteiger partial charge in [-0.1, -0.05) is 18.2 Å². The first-order valence-corrected chi connectivity index (χ1v) is 6.95. The van der Waals surface area contributed by atoms with E-state index in [0.29, 0.717) is 0 Å². The molecule has 4 N–H and O–H groups in total. The van der Waals surface area contributed by atoms with Crippen LogP contribution in [0.1, 0.15) is 24.2 Å². The summed E-state index contributed by atoms with van der Waals surface area (Å²) in [5.74, 6) is -0.455. The van der Waals surface area contributed by atoms with Gasteiger partial charge in [-0.15, -0.1) is 0 Å². The third-order valence-electron chi connectivity index (χ3n) is 2.91. The van der Waals surface area contributed by atoms with Crippen molar-refractivity contribution >= 4 is 17.6 Å². The number of rotatable bonds is 5. The summed E-state index contributed by atoms with van der Waals surface area (Å²) >= 11 is 0. The van der Waals surface area contributed by atoms with Gasteiger partial charge in [0.1, 0.15) is 11.4 Å². The Balaban J connectivity index is 2.06. The van der Waals surface area contributed by atoms with E-state index in [0.717, 1.165) is 5.69 Å². The molecule has 1 aromatic heterocycles. The van der Waals surface area contributed by atoms with Crippen LogP contribution >= 0.6 is 0 Å². The maximum Gasteiger partial charge on any atom is 0.257 e. The summed E-state index contributed by atoms with van der Waals surface area (Å²) in [6.07, 6.45) is 1.39. The van der Waals surface area contributed by atoms with Crippen LogP contribution in [0, 0.1) is 0 Å². The van der Waals surface area contributed by atoms with Crippen LogP contribution in [0.25, 0.3) is 5.69 Å². The van der Waals surface area contributed by atoms with Crippen molar-refractivity contribution in [3.63, 3.8) is 0 Å². The molecule has 0 saturated carbocycles. The van der Waals surface area contributed by atoms with E-state index in [-0.39, 0.29) is 29.9 Å². The van der Waals surface area contributed by atoms with E-state index in [2.05, 4.69) is 15.7 Å². The zero-order valence-electron chi connectivity index (χ0n) is 12.5. The van der Waals surface area contributed by atoms with Gasteiger partial charge in [-0.3, -0.25) is 9.59 Å². The highest BCUT2D eigenvalue weighted by molar-refractivity contribution is 6.00. The molecule has 1 aromatic carbocycles. The normalized spacial score (nSPS) is 10.5. The smallest absolute Gasteiger partial charge is 0.257 e. The van der Waals surface area contributed by atoms with Gasteiger partial charge in [0.15, 0.2) is 0 Å². The standard InChI is InChI=1S/C15H19N5O2/c1-10(2)19-13(21)9-17-15(22)12-8-18-20(14(12)16)11-6-4-3-5-7-11/h3-8,10H,9,16H2,1-2H3,(H,17,22)(H,19,21). The van der Waals surface area contributed by atoms with Gasteiger partial charge in [0.2, 0.25) is 5.91 Å². The number of nitrogen functional groups attached to an aromatic ring is 1. The molecular formula is C15H19N5O2. The van der Waals surface area contributed by atoms with Crippen LogP contribution in [0.3, 0.4) is 0 Å². The van der Waals surface area contributed by atoms with Crippen molar-refractivity contribution in [1.29, 1.82) is 0 Å². The fourth-order valence-electron chi connectivity index (χ4n) is 1.94. The van der Waals surface area contributed by atoms with Crippen LogP contribution in [0.4, 0.5) is 5.82 Å². The molecule has 0 unspecified atom stereocenters. The Labute approximate surface area is 128 Å². The molecule has 2 amide bonds. The van der Waals surface area contributed by atoms with Crippen molar-refractivity contribution in [2.24, 2.45) is 0 Å². The van der Waals surface area contributed by atoms with E-state index in [4.69, 9.17) is 5.73 Å². The molecule has 0 bridgehead atoms. The summed E-state index contributed by atoms with van der Waals surface area (Å²) in [5, 5.41) is 9.33. The predicted molar refractivity (Wildman–Crippen MR) is 83.6 cm³/mol. The van der Waals surface area contributed by atoms with Gasteiger partial charge in [-0.2, -0.15) is 5.10 Å². The lowest BCUT2D eigenvalue weighted by Crippen LogP contribution is -2.39. The van der Waals surface area contributed by atoms with E-state index in [1.807, 2.05) is 44.2 Å². The number of nitrogens with zero attached hydrogens (tertiary/aromatic N) is 2. The molecule has 0 aliphatic carbocycles. The van der Waals surface area contributed by atoms with Crippen LogP contribution < -0.4 is 16.4 Å². The quantitative estimate of drug-likeness (QED) is 0.757. The van der Waals surface area contributed by atoms with Crippen LogP contribution in [0.2, 0.25) is 0 Å². The third kappa shape index (κ3) is 3.63. The number of nitrogens with two attached hydrogens (primary N) is 1. The molecule has 0 fully saturated rings. The molecule has 0 atom stereocenters. The van der Waals surface area contributed by atoms with Crippen molar-refractivity contribution in [2.75, 3.05) is 12.3 Å². The van der Waals surface area contributed by atoms with Crippen molar-refractivity contribution < 1.29 is 9.59 Å². The highest BCUT2D eigenvalue weighted by atomic mass is 16.2. The van der Waals surface area contributed by atoms with E-state index in [1.165, 1.54) is 10.9 Å². The molecule has 0 spiro atoms. The van der Waals surface area contributed by atoms with Gasteiger partial charge < -0.3 is 16.4 Å². The summed E-state index contributed by atoms with van der Waals surface area (Å²) in [6.45, 7) is 3.59. The monoisotopic (exact) mass is 301 g/mol. The lowest BCUT2D eigenvalue weighted by molar-refractivity contribution is -0.120.